The van der Waals surface area contributed by atoms with Crippen LogP contribution in [0.1, 0.15) is 21.6 Å². The smallest absolute Gasteiger partial charge is 0.203 e. The molecule has 0 aliphatic heterocycles. The van der Waals surface area contributed by atoms with Crippen molar-refractivity contribution >= 4 is 16.3 Å². The van der Waals surface area contributed by atoms with Crippen LogP contribution in [-0.4, -0.2) is 21.3 Å². The minimum atomic E-state index is 0.585. The first-order chi connectivity index (χ1) is 11.0. The third-order valence-corrected chi connectivity index (χ3v) is 4.93. The summed E-state index contributed by atoms with van der Waals surface area (Å²) in [6.45, 7) is 1.94. The Morgan fingerprint density at radius 3 is 2.13 bits per heavy atom. The molecule has 0 radical (unpaired) electrons. The van der Waals surface area contributed by atoms with Crippen LogP contribution in [-0.2, 0) is 12.8 Å². The maximum Gasteiger partial charge on any atom is 0.203 e. The van der Waals surface area contributed by atoms with Gasteiger partial charge in [0, 0.05) is 4.88 Å². The largest absolute Gasteiger partial charge is 0.493 e. The second-order valence-corrected chi connectivity index (χ2v) is 6.17. The second-order valence-electron chi connectivity index (χ2n) is 5.03. The molecule has 0 atom stereocenters. The molecule has 2 rings (SSSR count). The molecule has 0 aliphatic carbocycles. The summed E-state index contributed by atoms with van der Waals surface area (Å²) in [6, 6.07) is 6.05. The second kappa shape index (κ2) is 7.25. The van der Waals surface area contributed by atoms with Gasteiger partial charge >= 0.3 is 0 Å². The van der Waals surface area contributed by atoms with Crippen LogP contribution in [0.4, 0.5) is 5.00 Å². The number of thiophene rings is 1. The summed E-state index contributed by atoms with van der Waals surface area (Å²) < 4.78 is 16.1. The number of benzene rings is 1. The molecule has 0 aliphatic rings. The van der Waals surface area contributed by atoms with Crippen LogP contribution in [0.15, 0.2) is 12.1 Å². The van der Waals surface area contributed by atoms with Gasteiger partial charge in [-0.25, -0.2) is 0 Å². The summed E-state index contributed by atoms with van der Waals surface area (Å²) in [5.74, 6) is 1.87. The lowest BCUT2D eigenvalue weighted by Crippen LogP contribution is -1.98. The molecule has 1 heterocycles. The van der Waals surface area contributed by atoms with Gasteiger partial charge in [0.1, 0.15) is 11.1 Å². The van der Waals surface area contributed by atoms with Crippen LogP contribution in [0.3, 0.4) is 0 Å². The van der Waals surface area contributed by atoms with Gasteiger partial charge in [0.15, 0.2) is 11.5 Å². The molecule has 1 aromatic heterocycles. The highest BCUT2D eigenvalue weighted by Gasteiger charge is 2.15. The minimum absolute atomic E-state index is 0.585. The fourth-order valence-corrected chi connectivity index (χ4v) is 3.53. The zero-order valence-corrected chi connectivity index (χ0v) is 14.5. The van der Waals surface area contributed by atoms with Gasteiger partial charge in [0.2, 0.25) is 5.75 Å². The molecule has 0 unspecified atom stereocenters. The molecular formula is C17H20N2O3S. The quantitative estimate of drug-likeness (QED) is 0.878. The number of nitrogens with two attached hydrogens (primary N) is 1. The highest BCUT2D eigenvalue weighted by Crippen LogP contribution is 2.39. The lowest BCUT2D eigenvalue weighted by atomic mass is 10.0. The maximum absolute atomic E-state index is 9.12. The van der Waals surface area contributed by atoms with E-state index >= 15 is 0 Å². The zero-order valence-electron chi connectivity index (χ0n) is 13.7. The first-order valence-electron chi connectivity index (χ1n) is 7.12. The van der Waals surface area contributed by atoms with E-state index in [-0.39, 0.29) is 0 Å². The summed E-state index contributed by atoms with van der Waals surface area (Å²) in [5.41, 5.74) is 8.53. The average molecular weight is 332 g/mol. The van der Waals surface area contributed by atoms with Crippen molar-refractivity contribution in [1.29, 1.82) is 5.26 Å². The third kappa shape index (κ3) is 3.35. The Balaban J connectivity index is 2.26. The zero-order chi connectivity index (χ0) is 17.0. The van der Waals surface area contributed by atoms with Gasteiger partial charge in [-0.1, -0.05) is 0 Å². The standard InChI is InChI=1S/C17H20N2O3S/c1-10-12(9-18)17(19)23-15(10)6-5-11-7-13(20-2)16(22-4)14(8-11)21-3/h7-8H,5-6,19H2,1-4H3. The maximum atomic E-state index is 9.12. The molecule has 0 fully saturated rings. The van der Waals surface area contributed by atoms with Crippen molar-refractivity contribution in [2.24, 2.45) is 0 Å². The number of rotatable bonds is 6. The SMILES string of the molecule is COc1cc(CCc2sc(N)c(C#N)c2C)cc(OC)c1OC. The number of ether oxygens (including phenoxy) is 3. The summed E-state index contributed by atoms with van der Waals surface area (Å²) in [5, 5.41) is 9.71. The molecule has 0 spiro atoms. The topological polar surface area (TPSA) is 77.5 Å². The van der Waals surface area contributed by atoms with E-state index in [1.165, 1.54) is 11.3 Å². The number of aryl methyl sites for hydroxylation is 2. The molecule has 0 saturated heterocycles. The van der Waals surface area contributed by atoms with Crippen LogP contribution < -0.4 is 19.9 Å². The highest BCUT2D eigenvalue weighted by molar-refractivity contribution is 7.16. The Morgan fingerprint density at radius 2 is 1.70 bits per heavy atom. The van der Waals surface area contributed by atoms with Crippen molar-refractivity contribution in [2.45, 2.75) is 19.8 Å². The fourth-order valence-electron chi connectivity index (χ4n) is 2.50. The molecular weight excluding hydrogens is 312 g/mol. The lowest BCUT2D eigenvalue weighted by molar-refractivity contribution is 0.324. The number of nitriles is 1. The van der Waals surface area contributed by atoms with Crippen LogP contribution >= 0.6 is 11.3 Å². The molecule has 0 amide bonds. The average Bonchev–Trinajstić information content (AvgIpc) is 2.84. The summed E-state index contributed by atoms with van der Waals surface area (Å²) in [4.78, 5) is 1.13. The van der Waals surface area contributed by atoms with Crippen LogP contribution in [0.2, 0.25) is 0 Å². The summed E-state index contributed by atoms with van der Waals surface area (Å²) in [6.07, 6.45) is 1.60. The third-order valence-electron chi connectivity index (χ3n) is 3.75. The highest BCUT2D eigenvalue weighted by atomic mass is 32.1. The van der Waals surface area contributed by atoms with Gasteiger partial charge in [0.05, 0.1) is 26.9 Å². The number of nitrogen functional groups attached to an aromatic ring is 1. The number of hydrogen-bond donors (Lipinski definition) is 1. The van der Waals surface area contributed by atoms with Crippen LogP contribution in [0, 0.1) is 18.3 Å². The lowest BCUT2D eigenvalue weighted by Gasteiger charge is -2.14. The van der Waals surface area contributed by atoms with Gasteiger partial charge in [-0.15, -0.1) is 11.3 Å². The number of hydrogen-bond acceptors (Lipinski definition) is 6. The van der Waals surface area contributed by atoms with Crippen molar-refractivity contribution in [1.82, 2.24) is 0 Å². The van der Waals surface area contributed by atoms with Crippen LogP contribution in [0.25, 0.3) is 0 Å². The Morgan fingerprint density at radius 1 is 1.09 bits per heavy atom. The fraction of sp³-hybridized carbons (Fsp3) is 0.353. The predicted octanol–water partition coefficient (Wildman–Crippen LogP) is 3.32. The van der Waals surface area contributed by atoms with Crippen molar-refractivity contribution in [3.05, 3.63) is 33.7 Å². The van der Waals surface area contributed by atoms with E-state index in [1.807, 2.05) is 19.1 Å². The van der Waals surface area contributed by atoms with Crippen LogP contribution in [0.5, 0.6) is 17.2 Å². The molecule has 5 nitrogen and oxygen atoms in total. The number of nitrogens with zero attached hydrogens (tertiary/aromatic N) is 1. The van der Waals surface area contributed by atoms with Crippen molar-refractivity contribution in [3.63, 3.8) is 0 Å². The van der Waals surface area contributed by atoms with E-state index in [9.17, 15) is 0 Å². The Hall–Kier alpha value is -2.39. The van der Waals surface area contributed by atoms with Crippen molar-refractivity contribution in [2.75, 3.05) is 27.1 Å². The first kappa shape index (κ1) is 17.0. The molecule has 2 N–H and O–H groups in total. The molecule has 122 valence electrons. The summed E-state index contributed by atoms with van der Waals surface area (Å²) in [7, 11) is 4.79. The van der Waals surface area contributed by atoms with E-state index in [0.717, 1.165) is 28.8 Å². The van der Waals surface area contributed by atoms with Crippen molar-refractivity contribution in [3.8, 4) is 23.3 Å². The molecule has 23 heavy (non-hydrogen) atoms. The van der Waals surface area contributed by atoms with Gasteiger partial charge in [-0.3, -0.25) is 0 Å². The Labute approximate surface area is 140 Å². The van der Waals surface area contributed by atoms with Gasteiger partial charge in [0.25, 0.3) is 0 Å². The van der Waals surface area contributed by atoms with Gasteiger partial charge in [-0.05, 0) is 43.0 Å². The van der Waals surface area contributed by atoms with Crippen molar-refractivity contribution < 1.29 is 14.2 Å². The first-order valence-corrected chi connectivity index (χ1v) is 7.94. The molecule has 1 aromatic carbocycles. The van der Waals surface area contributed by atoms with Gasteiger partial charge in [-0.2, -0.15) is 5.26 Å². The molecule has 6 heteroatoms. The van der Waals surface area contributed by atoms with E-state index in [4.69, 9.17) is 25.2 Å². The minimum Gasteiger partial charge on any atom is -0.493 e. The number of anilines is 1. The van der Waals surface area contributed by atoms with E-state index in [1.54, 1.807) is 21.3 Å². The monoisotopic (exact) mass is 332 g/mol. The number of methoxy groups -OCH3 is 3. The molecule has 2 aromatic rings. The Bertz CT molecular complexity index is 722. The normalized spacial score (nSPS) is 10.2. The molecule has 0 saturated carbocycles. The summed E-state index contributed by atoms with van der Waals surface area (Å²) >= 11 is 1.48. The van der Waals surface area contributed by atoms with E-state index in [2.05, 4.69) is 6.07 Å². The molecule has 0 bridgehead atoms. The van der Waals surface area contributed by atoms with E-state index in [0.29, 0.717) is 27.8 Å². The predicted molar refractivity (Wildman–Crippen MR) is 91.7 cm³/mol. The van der Waals surface area contributed by atoms with Gasteiger partial charge < -0.3 is 19.9 Å². The Kier molecular flexibility index (Phi) is 5.35. The van der Waals surface area contributed by atoms with E-state index < -0.39 is 0 Å².